The zero-order valence-corrected chi connectivity index (χ0v) is 7.74. The first kappa shape index (κ1) is 9.45. The number of pyridine rings is 1. The maximum absolute atomic E-state index is 10.4. The van der Waals surface area contributed by atoms with E-state index in [-0.39, 0.29) is 12.3 Å². The fourth-order valence-corrected chi connectivity index (χ4v) is 1.18. The Labute approximate surface area is 85.4 Å². The summed E-state index contributed by atoms with van der Waals surface area (Å²) in [4.78, 5) is 18.5. The van der Waals surface area contributed by atoms with Gasteiger partial charge >= 0.3 is 5.97 Å². The zero-order chi connectivity index (χ0) is 10.7. The van der Waals surface area contributed by atoms with Crippen LogP contribution in [0.4, 0.5) is 0 Å². The van der Waals surface area contributed by atoms with Gasteiger partial charge in [-0.2, -0.15) is 5.11 Å². The van der Waals surface area contributed by atoms with E-state index in [9.17, 15) is 4.79 Å². The molecule has 76 valence electrons. The minimum Gasteiger partial charge on any atom is -0.481 e. The number of rotatable bonds is 3. The van der Waals surface area contributed by atoms with Crippen molar-refractivity contribution in [2.45, 2.75) is 12.6 Å². The molecule has 6 heteroatoms. The highest BCUT2D eigenvalue weighted by molar-refractivity contribution is 5.97. The lowest BCUT2D eigenvalue weighted by Crippen LogP contribution is -2.02. The van der Waals surface area contributed by atoms with Crippen molar-refractivity contribution >= 4 is 11.8 Å². The summed E-state index contributed by atoms with van der Waals surface area (Å²) in [5, 5.41) is 16.1. The number of amidine groups is 1. The predicted octanol–water partition coefficient (Wildman–Crippen LogP) is 1.42. The highest BCUT2D eigenvalue weighted by atomic mass is 16.4. The summed E-state index contributed by atoms with van der Waals surface area (Å²) in [6, 6.07) is 5.39. The van der Waals surface area contributed by atoms with E-state index in [0.29, 0.717) is 5.69 Å². The number of aromatic nitrogens is 1. The molecule has 6 nitrogen and oxygen atoms in total. The van der Waals surface area contributed by atoms with Crippen molar-refractivity contribution in [3.63, 3.8) is 0 Å². The normalized spacial score (nSPS) is 18.9. The van der Waals surface area contributed by atoms with Gasteiger partial charge in [-0.15, -0.1) is 5.11 Å². The van der Waals surface area contributed by atoms with Gasteiger partial charge < -0.3 is 5.11 Å². The number of nitrogens with zero attached hydrogens (tertiary/aromatic N) is 4. The third-order valence-corrected chi connectivity index (χ3v) is 1.82. The van der Waals surface area contributed by atoms with Gasteiger partial charge in [0, 0.05) is 6.20 Å². The van der Waals surface area contributed by atoms with Crippen molar-refractivity contribution in [2.24, 2.45) is 15.2 Å². The molecule has 1 aliphatic heterocycles. The summed E-state index contributed by atoms with van der Waals surface area (Å²) in [5.74, 6) is -0.729. The van der Waals surface area contributed by atoms with E-state index in [0.717, 1.165) is 0 Å². The number of azo groups is 1. The minimum absolute atomic E-state index is 0.202. The predicted molar refractivity (Wildman–Crippen MR) is 51.5 cm³/mol. The molecular formula is C9H8N4O2. The van der Waals surface area contributed by atoms with Gasteiger partial charge in [0.25, 0.3) is 0 Å². The molecule has 0 bridgehead atoms. The van der Waals surface area contributed by atoms with Gasteiger partial charge in [-0.1, -0.05) is 6.07 Å². The van der Waals surface area contributed by atoms with Crippen molar-refractivity contribution in [1.82, 2.24) is 4.98 Å². The lowest BCUT2D eigenvalue weighted by Gasteiger charge is -1.99. The van der Waals surface area contributed by atoms with Gasteiger partial charge in [0.2, 0.25) is 6.17 Å². The molecule has 1 aliphatic rings. The van der Waals surface area contributed by atoms with Gasteiger partial charge in [-0.05, 0) is 12.1 Å². The fourth-order valence-electron chi connectivity index (χ4n) is 1.18. The molecule has 0 spiro atoms. The van der Waals surface area contributed by atoms with Crippen molar-refractivity contribution in [1.29, 1.82) is 0 Å². The number of aliphatic imine (C=N–C) groups is 1. The molecule has 1 N–H and O–H groups in total. The quantitative estimate of drug-likeness (QED) is 0.807. The Morgan fingerprint density at radius 3 is 3.00 bits per heavy atom. The van der Waals surface area contributed by atoms with Gasteiger partial charge in [-0.3, -0.25) is 9.78 Å². The molecule has 0 saturated carbocycles. The number of carboxylic acids is 1. The first-order chi connectivity index (χ1) is 7.25. The average Bonchev–Trinajstić information content (AvgIpc) is 2.67. The largest absolute Gasteiger partial charge is 0.481 e. The molecule has 15 heavy (non-hydrogen) atoms. The SMILES string of the molecule is O=C(O)CC1=NC(c2ccccn2)N=N1. The highest BCUT2D eigenvalue weighted by Gasteiger charge is 2.18. The van der Waals surface area contributed by atoms with E-state index in [2.05, 4.69) is 20.2 Å². The van der Waals surface area contributed by atoms with Crippen LogP contribution in [0, 0.1) is 0 Å². The van der Waals surface area contributed by atoms with Gasteiger partial charge in [0.05, 0.1) is 5.69 Å². The molecule has 0 radical (unpaired) electrons. The Morgan fingerprint density at radius 1 is 1.47 bits per heavy atom. The molecule has 2 rings (SSSR count). The minimum atomic E-state index is -0.964. The van der Waals surface area contributed by atoms with Gasteiger partial charge in [0.1, 0.15) is 6.42 Å². The molecule has 0 saturated heterocycles. The van der Waals surface area contributed by atoms with E-state index in [1.807, 2.05) is 6.07 Å². The highest BCUT2D eigenvalue weighted by Crippen LogP contribution is 2.22. The van der Waals surface area contributed by atoms with Crippen LogP contribution in [0.2, 0.25) is 0 Å². The molecule has 1 aromatic heterocycles. The second-order valence-corrected chi connectivity index (χ2v) is 2.96. The van der Waals surface area contributed by atoms with Crippen molar-refractivity contribution in [2.75, 3.05) is 0 Å². The Kier molecular flexibility index (Phi) is 2.49. The van der Waals surface area contributed by atoms with Crippen molar-refractivity contribution in [3.05, 3.63) is 30.1 Å². The standard InChI is InChI=1S/C9H8N4O2/c14-8(15)5-7-11-9(13-12-7)6-3-1-2-4-10-6/h1-4,9H,5H2,(H,14,15). The van der Waals surface area contributed by atoms with Crippen LogP contribution >= 0.6 is 0 Å². The Hall–Kier alpha value is -2.11. The molecule has 0 amide bonds. The van der Waals surface area contributed by atoms with E-state index >= 15 is 0 Å². The number of aliphatic carboxylic acids is 1. The number of carboxylic acid groups (broad SMARTS) is 1. The van der Waals surface area contributed by atoms with E-state index < -0.39 is 12.1 Å². The molecule has 1 atom stereocenters. The summed E-state index contributed by atoms with van der Waals surface area (Å²) >= 11 is 0. The number of carbonyl (C=O) groups is 1. The van der Waals surface area contributed by atoms with Crippen LogP contribution in [0.25, 0.3) is 0 Å². The van der Waals surface area contributed by atoms with Gasteiger partial charge in [-0.25, -0.2) is 4.99 Å². The Balaban J connectivity index is 2.13. The zero-order valence-electron chi connectivity index (χ0n) is 7.74. The maximum atomic E-state index is 10.4. The molecule has 2 heterocycles. The topological polar surface area (TPSA) is 87.3 Å². The number of hydrogen-bond acceptors (Lipinski definition) is 5. The second-order valence-electron chi connectivity index (χ2n) is 2.96. The van der Waals surface area contributed by atoms with E-state index in [1.54, 1.807) is 18.3 Å². The van der Waals surface area contributed by atoms with Crippen LogP contribution < -0.4 is 0 Å². The third-order valence-electron chi connectivity index (χ3n) is 1.82. The first-order valence-corrected chi connectivity index (χ1v) is 4.36. The van der Waals surface area contributed by atoms with Crippen LogP contribution in [0.3, 0.4) is 0 Å². The van der Waals surface area contributed by atoms with Crippen LogP contribution in [0.15, 0.2) is 39.6 Å². The summed E-state index contributed by atoms with van der Waals surface area (Å²) in [6.45, 7) is 0. The Bertz CT molecular complexity index is 427. The average molecular weight is 204 g/mol. The second kappa shape index (κ2) is 3.95. The van der Waals surface area contributed by atoms with E-state index in [1.165, 1.54) is 0 Å². The van der Waals surface area contributed by atoms with Crippen LogP contribution in [-0.4, -0.2) is 21.9 Å². The molecular weight excluding hydrogens is 196 g/mol. The lowest BCUT2D eigenvalue weighted by molar-refractivity contribution is -0.135. The number of hydrogen-bond donors (Lipinski definition) is 1. The monoisotopic (exact) mass is 204 g/mol. The first-order valence-electron chi connectivity index (χ1n) is 4.36. The van der Waals surface area contributed by atoms with Crippen LogP contribution in [-0.2, 0) is 4.79 Å². The molecule has 1 unspecified atom stereocenters. The summed E-state index contributed by atoms with van der Waals surface area (Å²) < 4.78 is 0. The Morgan fingerprint density at radius 2 is 2.33 bits per heavy atom. The summed E-state index contributed by atoms with van der Waals surface area (Å²) in [7, 11) is 0. The summed E-state index contributed by atoms with van der Waals surface area (Å²) in [6.07, 6.45) is 0.947. The maximum Gasteiger partial charge on any atom is 0.311 e. The van der Waals surface area contributed by atoms with Gasteiger partial charge in [0.15, 0.2) is 5.84 Å². The van der Waals surface area contributed by atoms with E-state index in [4.69, 9.17) is 5.11 Å². The van der Waals surface area contributed by atoms with Crippen LogP contribution in [0.1, 0.15) is 18.3 Å². The van der Waals surface area contributed by atoms with Crippen molar-refractivity contribution in [3.8, 4) is 0 Å². The fraction of sp³-hybridized carbons (Fsp3) is 0.222. The third kappa shape index (κ3) is 2.22. The van der Waals surface area contributed by atoms with Crippen molar-refractivity contribution < 1.29 is 9.90 Å². The lowest BCUT2D eigenvalue weighted by atomic mass is 10.3. The summed E-state index contributed by atoms with van der Waals surface area (Å²) in [5.41, 5.74) is 0.668. The molecule has 0 aliphatic carbocycles. The van der Waals surface area contributed by atoms with Crippen LogP contribution in [0.5, 0.6) is 0 Å². The molecule has 1 aromatic rings. The molecule has 0 fully saturated rings. The molecule has 0 aromatic carbocycles. The smallest absolute Gasteiger partial charge is 0.311 e.